The van der Waals surface area contributed by atoms with Crippen LogP contribution < -0.4 is 10.6 Å². The molecular formula is C13H19N3. The highest BCUT2D eigenvalue weighted by atomic mass is 15.0. The Balaban J connectivity index is 1.66. The smallest absolute Gasteiger partial charge is 0.0455 e. The molecule has 3 rings (SSSR count). The van der Waals surface area contributed by atoms with E-state index in [-0.39, 0.29) is 0 Å². The Morgan fingerprint density at radius 3 is 3.00 bits per heavy atom. The lowest BCUT2D eigenvalue weighted by atomic mass is 10.1. The molecule has 1 saturated heterocycles. The Kier molecular flexibility index (Phi) is 2.79. The van der Waals surface area contributed by atoms with Gasteiger partial charge in [-0.25, -0.2) is 0 Å². The Bertz CT molecular complexity index is 354. The lowest BCUT2D eigenvalue weighted by molar-refractivity contribution is 0.480. The highest BCUT2D eigenvalue weighted by Gasteiger charge is 2.25. The summed E-state index contributed by atoms with van der Waals surface area (Å²) in [4.78, 5) is 4.44. The second kappa shape index (κ2) is 4.42. The summed E-state index contributed by atoms with van der Waals surface area (Å²) in [7, 11) is 0. The molecule has 0 radical (unpaired) electrons. The molecule has 3 nitrogen and oxygen atoms in total. The van der Waals surface area contributed by atoms with Crippen LogP contribution in [0, 0.1) is 0 Å². The van der Waals surface area contributed by atoms with Gasteiger partial charge in [0, 0.05) is 36.1 Å². The molecule has 2 N–H and O–H groups in total. The van der Waals surface area contributed by atoms with Gasteiger partial charge >= 0.3 is 0 Å². The van der Waals surface area contributed by atoms with Gasteiger partial charge in [0.2, 0.25) is 0 Å². The van der Waals surface area contributed by atoms with Crippen molar-refractivity contribution >= 4 is 5.69 Å². The average molecular weight is 217 g/mol. The van der Waals surface area contributed by atoms with E-state index in [0.717, 1.165) is 12.5 Å². The van der Waals surface area contributed by atoms with Gasteiger partial charge in [0.25, 0.3) is 0 Å². The first-order chi connectivity index (χ1) is 7.92. The van der Waals surface area contributed by atoms with E-state index in [1.54, 1.807) is 0 Å². The van der Waals surface area contributed by atoms with E-state index in [1.165, 1.54) is 43.6 Å². The van der Waals surface area contributed by atoms with Crippen molar-refractivity contribution in [2.75, 3.05) is 18.4 Å². The molecule has 0 spiro atoms. The fourth-order valence-corrected chi connectivity index (χ4v) is 2.35. The highest BCUT2D eigenvalue weighted by molar-refractivity contribution is 5.45. The van der Waals surface area contributed by atoms with E-state index in [0.29, 0.717) is 6.04 Å². The zero-order valence-corrected chi connectivity index (χ0v) is 9.58. The van der Waals surface area contributed by atoms with Gasteiger partial charge in [0.15, 0.2) is 0 Å². The Labute approximate surface area is 96.7 Å². The van der Waals surface area contributed by atoms with Crippen molar-refractivity contribution in [3.05, 3.63) is 24.0 Å². The molecule has 1 unspecified atom stereocenters. The van der Waals surface area contributed by atoms with Crippen molar-refractivity contribution in [3.63, 3.8) is 0 Å². The number of hydrogen-bond acceptors (Lipinski definition) is 3. The van der Waals surface area contributed by atoms with E-state index in [4.69, 9.17) is 0 Å². The normalized spacial score (nSPS) is 25.4. The van der Waals surface area contributed by atoms with Gasteiger partial charge in [-0.15, -0.1) is 0 Å². The van der Waals surface area contributed by atoms with Gasteiger partial charge in [-0.05, 0) is 44.4 Å². The summed E-state index contributed by atoms with van der Waals surface area (Å²) in [6, 6.07) is 4.90. The molecule has 16 heavy (non-hydrogen) atoms. The molecule has 0 bridgehead atoms. The molecule has 2 heterocycles. The highest BCUT2D eigenvalue weighted by Crippen LogP contribution is 2.39. The maximum atomic E-state index is 4.44. The second-order valence-electron chi connectivity index (χ2n) is 4.93. The van der Waals surface area contributed by atoms with Crippen molar-refractivity contribution in [1.82, 2.24) is 10.3 Å². The number of nitrogens with one attached hydrogen (secondary N) is 2. The number of hydrogen-bond donors (Lipinski definition) is 2. The molecule has 0 amide bonds. The Morgan fingerprint density at radius 1 is 1.31 bits per heavy atom. The number of pyridine rings is 1. The van der Waals surface area contributed by atoms with E-state index in [2.05, 4.69) is 27.8 Å². The summed E-state index contributed by atoms with van der Waals surface area (Å²) in [5, 5.41) is 7.03. The third-order valence-corrected chi connectivity index (χ3v) is 3.44. The summed E-state index contributed by atoms with van der Waals surface area (Å²) < 4.78 is 0. The van der Waals surface area contributed by atoms with Crippen LogP contribution in [0.25, 0.3) is 0 Å². The van der Waals surface area contributed by atoms with Crippen LogP contribution in [0.4, 0.5) is 5.69 Å². The fourth-order valence-electron chi connectivity index (χ4n) is 2.35. The maximum Gasteiger partial charge on any atom is 0.0455 e. The third-order valence-electron chi connectivity index (χ3n) is 3.44. The lowest BCUT2D eigenvalue weighted by Gasteiger charge is -2.24. The maximum absolute atomic E-state index is 4.44. The van der Waals surface area contributed by atoms with Crippen LogP contribution in [0.5, 0.6) is 0 Å². The van der Waals surface area contributed by atoms with Crippen molar-refractivity contribution in [3.8, 4) is 0 Å². The molecule has 2 fully saturated rings. The monoisotopic (exact) mass is 217 g/mol. The fraction of sp³-hybridized carbons (Fsp3) is 0.615. The molecule has 2 aliphatic rings. The molecule has 1 saturated carbocycles. The van der Waals surface area contributed by atoms with E-state index < -0.39 is 0 Å². The van der Waals surface area contributed by atoms with Crippen molar-refractivity contribution < 1.29 is 0 Å². The first kappa shape index (κ1) is 10.1. The summed E-state index contributed by atoms with van der Waals surface area (Å²) >= 11 is 0. The van der Waals surface area contributed by atoms with Crippen molar-refractivity contribution in [2.24, 2.45) is 0 Å². The standard InChI is InChI=1S/C13H19N3/c1-2-12(9-14-6-1)16-11-5-7-15-13(8-11)10-3-4-10/h5,7-8,10,12,14H,1-4,6,9H2,(H,15,16). The van der Waals surface area contributed by atoms with Crippen LogP contribution >= 0.6 is 0 Å². The number of nitrogens with zero attached hydrogens (tertiary/aromatic N) is 1. The van der Waals surface area contributed by atoms with Gasteiger partial charge in [0.1, 0.15) is 0 Å². The first-order valence-corrected chi connectivity index (χ1v) is 6.35. The van der Waals surface area contributed by atoms with Gasteiger partial charge in [0.05, 0.1) is 0 Å². The first-order valence-electron chi connectivity index (χ1n) is 6.35. The largest absolute Gasteiger partial charge is 0.381 e. The van der Waals surface area contributed by atoms with E-state index in [1.807, 2.05) is 6.20 Å². The zero-order chi connectivity index (χ0) is 10.8. The number of rotatable bonds is 3. The second-order valence-corrected chi connectivity index (χ2v) is 4.93. The molecule has 0 aromatic carbocycles. The summed E-state index contributed by atoms with van der Waals surface area (Å²) in [6.07, 6.45) is 7.13. The average Bonchev–Trinajstić information content (AvgIpc) is 3.15. The molecular weight excluding hydrogens is 198 g/mol. The summed E-state index contributed by atoms with van der Waals surface area (Å²) in [6.45, 7) is 2.25. The minimum atomic E-state index is 0.586. The molecule has 1 aliphatic heterocycles. The van der Waals surface area contributed by atoms with Crippen molar-refractivity contribution in [2.45, 2.75) is 37.6 Å². The predicted molar refractivity (Wildman–Crippen MR) is 65.7 cm³/mol. The number of aromatic nitrogens is 1. The Morgan fingerprint density at radius 2 is 2.25 bits per heavy atom. The summed E-state index contributed by atoms with van der Waals surface area (Å²) in [5.74, 6) is 0.742. The van der Waals surface area contributed by atoms with Crippen LogP contribution in [-0.4, -0.2) is 24.1 Å². The lowest BCUT2D eigenvalue weighted by Crippen LogP contribution is -2.38. The minimum Gasteiger partial charge on any atom is -0.381 e. The van der Waals surface area contributed by atoms with Crippen LogP contribution in [0.2, 0.25) is 0 Å². The van der Waals surface area contributed by atoms with Gasteiger partial charge in [-0.2, -0.15) is 0 Å². The van der Waals surface area contributed by atoms with Crippen molar-refractivity contribution in [1.29, 1.82) is 0 Å². The third kappa shape index (κ3) is 2.35. The van der Waals surface area contributed by atoms with Gasteiger partial charge < -0.3 is 10.6 Å². The van der Waals surface area contributed by atoms with E-state index in [9.17, 15) is 0 Å². The quantitative estimate of drug-likeness (QED) is 0.814. The molecule has 3 heteroatoms. The van der Waals surface area contributed by atoms with Crippen LogP contribution in [0.3, 0.4) is 0 Å². The van der Waals surface area contributed by atoms with Gasteiger partial charge in [-0.1, -0.05) is 0 Å². The predicted octanol–water partition coefficient (Wildman–Crippen LogP) is 2.12. The zero-order valence-electron chi connectivity index (χ0n) is 9.58. The summed E-state index contributed by atoms with van der Waals surface area (Å²) in [5.41, 5.74) is 2.51. The van der Waals surface area contributed by atoms with Crippen LogP contribution in [-0.2, 0) is 0 Å². The SMILES string of the molecule is c1cc(NC2CCCNC2)cc(C2CC2)n1. The molecule has 86 valence electrons. The van der Waals surface area contributed by atoms with Gasteiger partial charge in [-0.3, -0.25) is 4.98 Å². The van der Waals surface area contributed by atoms with Crippen LogP contribution in [0.1, 0.15) is 37.3 Å². The van der Waals surface area contributed by atoms with E-state index >= 15 is 0 Å². The molecule has 1 aliphatic carbocycles. The molecule has 1 aromatic heterocycles. The number of piperidine rings is 1. The molecule has 1 aromatic rings. The van der Waals surface area contributed by atoms with Crippen LogP contribution in [0.15, 0.2) is 18.3 Å². The topological polar surface area (TPSA) is 37.0 Å². The minimum absolute atomic E-state index is 0.586. The number of anilines is 1. The molecule has 1 atom stereocenters. The Hall–Kier alpha value is -1.09.